The van der Waals surface area contributed by atoms with Crippen molar-refractivity contribution in [1.82, 2.24) is 0 Å². The second-order valence-corrected chi connectivity index (χ2v) is 6.96. The molecule has 0 radical (unpaired) electrons. The van der Waals surface area contributed by atoms with Crippen molar-refractivity contribution < 1.29 is 4.79 Å². The van der Waals surface area contributed by atoms with Crippen LogP contribution in [0.1, 0.15) is 23.1 Å². The molecule has 3 nitrogen and oxygen atoms in total. The standard InChI is InChI=1S/C19H22N2OS.ClH/c1-14-7-9-15(10-8-14)12-23-13-19(22)21-11-3-4-16-17(20)5-2-6-18(16)21;/h2,5-10H,3-4,11-13,20H2,1H3;1H. The molecule has 24 heavy (non-hydrogen) atoms. The van der Waals surface area contributed by atoms with Crippen molar-refractivity contribution in [2.45, 2.75) is 25.5 Å². The normalized spacial score (nSPS) is 13.1. The zero-order valence-electron chi connectivity index (χ0n) is 13.8. The van der Waals surface area contributed by atoms with Crippen LogP contribution < -0.4 is 10.6 Å². The third-order valence-electron chi connectivity index (χ3n) is 4.20. The van der Waals surface area contributed by atoms with Crippen molar-refractivity contribution in [2.24, 2.45) is 0 Å². The first-order chi connectivity index (χ1) is 11.1. The van der Waals surface area contributed by atoms with Gasteiger partial charge in [0.25, 0.3) is 0 Å². The highest BCUT2D eigenvalue weighted by atomic mass is 35.5. The summed E-state index contributed by atoms with van der Waals surface area (Å²) < 4.78 is 0. The molecule has 1 aliphatic heterocycles. The summed E-state index contributed by atoms with van der Waals surface area (Å²) >= 11 is 1.67. The fourth-order valence-corrected chi connectivity index (χ4v) is 3.79. The molecule has 0 bridgehead atoms. The van der Waals surface area contributed by atoms with Crippen LogP contribution in [0.25, 0.3) is 0 Å². The van der Waals surface area contributed by atoms with Gasteiger partial charge in [-0.25, -0.2) is 0 Å². The fourth-order valence-electron chi connectivity index (χ4n) is 2.93. The lowest BCUT2D eigenvalue weighted by atomic mass is 10.00. The van der Waals surface area contributed by atoms with Crippen molar-refractivity contribution in [1.29, 1.82) is 0 Å². The van der Waals surface area contributed by atoms with Crippen LogP contribution in [0.4, 0.5) is 11.4 Å². The number of amides is 1. The van der Waals surface area contributed by atoms with Gasteiger partial charge in [-0.2, -0.15) is 0 Å². The number of carbonyl (C=O) groups excluding carboxylic acids is 1. The molecular weight excluding hydrogens is 340 g/mol. The maximum Gasteiger partial charge on any atom is 0.236 e. The van der Waals surface area contributed by atoms with E-state index in [1.54, 1.807) is 11.8 Å². The van der Waals surface area contributed by atoms with Crippen molar-refractivity contribution >= 4 is 41.5 Å². The number of nitrogen functional groups attached to an aromatic ring is 1. The first kappa shape index (κ1) is 18.7. The van der Waals surface area contributed by atoms with E-state index >= 15 is 0 Å². The van der Waals surface area contributed by atoms with Crippen molar-refractivity contribution in [3.8, 4) is 0 Å². The molecule has 2 N–H and O–H groups in total. The highest BCUT2D eigenvalue weighted by Gasteiger charge is 2.23. The number of anilines is 2. The predicted molar refractivity (Wildman–Crippen MR) is 106 cm³/mol. The Hall–Kier alpha value is -1.65. The van der Waals surface area contributed by atoms with Gasteiger partial charge in [0.15, 0.2) is 0 Å². The zero-order valence-corrected chi connectivity index (χ0v) is 15.5. The number of rotatable bonds is 4. The monoisotopic (exact) mass is 362 g/mol. The molecule has 128 valence electrons. The molecule has 1 aliphatic rings. The zero-order chi connectivity index (χ0) is 16.2. The Balaban J connectivity index is 0.00000208. The Morgan fingerprint density at radius 3 is 2.71 bits per heavy atom. The number of nitrogens with zero attached hydrogens (tertiary/aromatic N) is 1. The van der Waals surface area contributed by atoms with E-state index < -0.39 is 0 Å². The molecule has 0 aliphatic carbocycles. The number of hydrogen-bond donors (Lipinski definition) is 1. The molecule has 0 fully saturated rings. The lowest BCUT2D eigenvalue weighted by molar-refractivity contribution is -0.116. The first-order valence-electron chi connectivity index (χ1n) is 7.96. The highest BCUT2D eigenvalue weighted by Crippen LogP contribution is 2.31. The molecule has 0 spiro atoms. The van der Waals surface area contributed by atoms with Gasteiger partial charge in [-0.3, -0.25) is 4.79 Å². The molecule has 1 heterocycles. The van der Waals surface area contributed by atoms with E-state index in [0.29, 0.717) is 5.75 Å². The van der Waals surface area contributed by atoms with Crippen molar-refractivity contribution in [3.63, 3.8) is 0 Å². The third-order valence-corrected chi connectivity index (χ3v) is 5.19. The topological polar surface area (TPSA) is 46.3 Å². The lowest BCUT2D eigenvalue weighted by Crippen LogP contribution is -2.37. The Labute approximate surface area is 154 Å². The Morgan fingerprint density at radius 1 is 1.21 bits per heavy atom. The van der Waals surface area contributed by atoms with Crippen LogP contribution in [0.3, 0.4) is 0 Å². The summed E-state index contributed by atoms with van der Waals surface area (Å²) in [5.74, 6) is 1.54. The molecule has 5 heteroatoms. The summed E-state index contributed by atoms with van der Waals surface area (Å²) in [6.45, 7) is 2.88. The van der Waals surface area contributed by atoms with Gasteiger partial charge in [0.2, 0.25) is 5.91 Å². The van der Waals surface area contributed by atoms with Crippen LogP contribution in [-0.4, -0.2) is 18.2 Å². The van der Waals surface area contributed by atoms with Gasteiger partial charge in [-0.05, 0) is 43.0 Å². The number of thioether (sulfide) groups is 1. The summed E-state index contributed by atoms with van der Waals surface area (Å²) in [4.78, 5) is 14.5. The van der Waals surface area contributed by atoms with E-state index in [4.69, 9.17) is 5.73 Å². The van der Waals surface area contributed by atoms with Crippen molar-refractivity contribution in [2.75, 3.05) is 22.9 Å². The minimum absolute atomic E-state index is 0. The summed E-state index contributed by atoms with van der Waals surface area (Å²) in [7, 11) is 0. The number of fused-ring (bicyclic) bond motifs is 1. The highest BCUT2D eigenvalue weighted by molar-refractivity contribution is 7.99. The van der Waals surface area contributed by atoms with E-state index in [9.17, 15) is 4.79 Å². The molecule has 3 rings (SSSR count). The van der Waals surface area contributed by atoms with Gasteiger partial charge in [-0.1, -0.05) is 35.9 Å². The summed E-state index contributed by atoms with van der Waals surface area (Å²) in [5.41, 5.74) is 11.5. The largest absolute Gasteiger partial charge is 0.398 e. The van der Waals surface area contributed by atoms with Crippen LogP contribution in [0, 0.1) is 6.92 Å². The van der Waals surface area contributed by atoms with Crippen LogP contribution in [-0.2, 0) is 17.0 Å². The molecule has 0 aromatic heterocycles. The molecule has 0 unspecified atom stereocenters. The molecule has 1 amide bonds. The second-order valence-electron chi connectivity index (χ2n) is 5.97. The number of hydrogen-bond acceptors (Lipinski definition) is 3. The average molecular weight is 363 g/mol. The van der Waals surface area contributed by atoms with E-state index in [1.165, 1.54) is 11.1 Å². The van der Waals surface area contributed by atoms with Gasteiger partial charge >= 0.3 is 0 Å². The van der Waals surface area contributed by atoms with Gasteiger partial charge in [0, 0.05) is 23.7 Å². The van der Waals surface area contributed by atoms with E-state index in [0.717, 1.165) is 42.1 Å². The number of aryl methyl sites for hydroxylation is 1. The number of benzene rings is 2. The quantitative estimate of drug-likeness (QED) is 0.828. The predicted octanol–water partition coefficient (Wildman–Crippen LogP) is 4.21. The van der Waals surface area contributed by atoms with Gasteiger partial charge < -0.3 is 10.6 Å². The molecule has 0 saturated heterocycles. The number of carbonyl (C=O) groups is 1. The van der Waals surface area contributed by atoms with Crippen LogP contribution in [0.2, 0.25) is 0 Å². The minimum Gasteiger partial charge on any atom is -0.398 e. The summed E-state index contributed by atoms with van der Waals surface area (Å²) in [5, 5.41) is 0. The maximum atomic E-state index is 12.6. The van der Waals surface area contributed by atoms with Crippen LogP contribution in [0.5, 0.6) is 0 Å². The Morgan fingerprint density at radius 2 is 1.96 bits per heavy atom. The minimum atomic E-state index is 0. The maximum absolute atomic E-state index is 12.6. The van der Waals surface area contributed by atoms with E-state index in [1.807, 2.05) is 23.1 Å². The number of halogens is 1. The molecule has 2 aromatic carbocycles. The van der Waals surface area contributed by atoms with Gasteiger partial charge in [0.1, 0.15) is 0 Å². The van der Waals surface area contributed by atoms with Gasteiger partial charge in [-0.15, -0.1) is 24.2 Å². The van der Waals surface area contributed by atoms with Crippen LogP contribution >= 0.6 is 24.2 Å². The Bertz CT molecular complexity index is 703. The third kappa shape index (κ3) is 4.25. The molecule has 0 atom stereocenters. The van der Waals surface area contributed by atoms with E-state index in [2.05, 4.69) is 31.2 Å². The lowest BCUT2D eigenvalue weighted by Gasteiger charge is -2.30. The molecule has 2 aromatic rings. The average Bonchev–Trinajstić information content (AvgIpc) is 2.56. The van der Waals surface area contributed by atoms with E-state index in [-0.39, 0.29) is 18.3 Å². The Kier molecular flexibility index (Phi) is 6.58. The summed E-state index contributed by atoms with van der Waals surface area (Å²) in [6, 6.07) is 14.3. The van der Waals surface area contributed by atoms with Crippen LogP contribution in [0.15, 0.2) is 42.5 Å². The molecule has 0 saturated carbocycles. The smallest absolute Gasteiger partial charge is 0.236 e. The fraction of sp³-hybridized carbons (Fsp3) is 0.316. The molecular formula is C19H23ClN2OS. The number of nitrogens with two attached hydrogens (primary N) is 1. The summed E-state index contributed by atoms with van der Waals surface area (Å²) in [6.07, 6.45) is 1.94. The first-order valence-corrected chi connectivity index (χ1v) is 9.11. The SMILES string of the molecule is Cc1ccc(CSCC(=O)N2CCCc3c(N)cccc32)cc1.Cl. The van der Waals surface area contributed by atoms with Gasteiger partial charge in [0.05, 0.1) is 5.75 Å². The second kappa shape index (κ2) is 8.45. The van der Waals surface area contributed by atoms with Crippen molar-refractivity contribution in [3.05, 3.63) is 59.2 Å².